The van der Waals surface area contributed by atoms with Gasteiger partial charge in [-0.2, -0.15) is 5.21 Å². The van der Waals surface area contributed by atoms with E-state index in [-0.39, 0.29) is 11.3 Å². The first-order chi connectivity index (χ1) is 16.1. The number of amides is 1. The summed E-state index contributed by atoms with van der Waals surface area (Å²) in [7, 11) is 0. The number of hydrogen-bond acceptors (Lipinski definition) is 5. The predicted molar refractivity (Wildman–Crippen MR) is 130 cm³/mol. The van der Waals surface area contributed by atoms with Gasteiger partial charge in [0.2, 0.25) is 5.82 Å². The SMILES string of the molecule is O=C(NCC1(c2ccccc2Cl)CC1)c1ccccc1SCc1ccc(-c2nn[nH]n2)cc1. The molecule has 5 rings (SSSR count). The molecule has 0 spiro atoms. The van der Waals surface area contributed by atoms with Crippen LogP contribution in [-0.4, -0.2) is 33.1 Å². The van der Waals surface area contributed by atoms with Crippen molar-refractivity contribution in [2.75, 3.05) is 6.54 Å². The number of aromatic amines is 1. The molecule has 1 aromatic heterocycles. The number of H-pyrrole nitrogens is 1. The molecule has 8 heteroatoms. The largest absolute Gasteiger partial charge is 0.351 e. The van der Waals surface area contributed by atoms with Crippen LogP contribution in [0.1, 0.15) is 34.3 Å². The molecule has 0 radical (unpaired) electrons. The molecule has 0 saturated heterocycles. The van der Waals surface area contributed by atoms with Gasteiger partial charge < -0.3 is 5.32 Å². The van der Waals surface area contributed by atoms with E-state index in [4.69, 9.17) is 11.6 Å². The van der Waals surface area contributed by atoms with Gasteiger partial charge in [0.1, 0.15) is 0 Å². The molecule has 0 atom stereocenters. The molecule has 0 aliphatic heterocycles. The fourth-order valence-corrected chi connectivity index (χ4v) is 5.25. The lowest BCUT2D eigenvalue weighted by atomic mass is 9.95. The monoisotopic (exact) mass is 475 g/mol. The smallest absolute Gasteiger partial charge is 0.252 e. The van der Waals surface area contributed by atoms with Gasteiger partial charge in [0, 0.05) is 33.2 Å². The lowest BCUT2D eigenvalue weighted by molar-refractivity contribution is 0.0946. The Balaban J connectivity index is 1.23. The topological polar surface area (TPSA) is 83.6 Å². The summed E-state index contributed by atoms with van der Waals surface area (Å²) in [4.78, 5) is 14.0. The minimum absolute atomic E-state index is 0.0451. The zero-order valence-corrected chi connectivity index (χ0v) is 19.4. The lowest BCUT2D eigenvalue weighted by Crippen LogP contribution is -2.32. The van der Waals surface area contributed by atoms with Gasteiger partial charge >= 0.3 is 0 Å². The third-order valence-corrected chi connectivity index (χ3v) is 7.44. The average molecular weight is 476 g/mol. The third kappa shape index (κ3) is 4.79. The second-order valence-corrected chi connectivity index (χ2v) is 9.58. The summed E-state index contributed by atoms with van der Waals surface area (Å²) in [6.07, 6.45) is 2.07. The number of nitrogens with one attached hydrogen (secondary N) is 2. The van der Waals surface area contributed by atoms with Crippen LogP contribution in [0.3, 0.4) is 0 Å². The third-order valence-electron chi connectivity index (χ3n) is 5.97. The number of halogens is 1. The van der Waals surface area contributed by atoms with Crippen LogP contribution in [0.15, 0.2) is 77.7 Å². The van der Waals surface area contributed by atoms with Gasteiger partial charge in [-0.25, -0.2) is 0 Å². The van der Waals surface area contributed by atoms with Gasteiger partial charge in [-0.15, -0.1) is 22.0 Å². The van der Waals surface area contributed by atoms with E-state index in [1.165, 1.54) is 0 Å². The minimum Gasteiger partial charge on any atom is -0.351 e. The molecule has 1 heterocycles. The van der Waals surface area contributed by atoms with Crippen LogP contribution in [0.4, 0.5) is 0 Å². The number of benzene rings is 3. The highest BCUT2D eigenvalue weighted by atomic mass is 35.5. The van der Waals surface area contributed by atoms with Crippen molar-refractivity contribution < 1.29 is 4.79 Å². The normalized spacial score (nSPS) is 14.1. The molecule has 1 aliphatic rings. The van der Waals surface area contributed by atoms with Crippen LogP contribution in [0.5, 0.6) is 0 Å². The van der Waals surface area contributed by atoms with Crippen molar-refractivity contribution in [3.8, 4) is 11.4 Å². The molecular weight excluding hydrogens is 454 g/mol. The lowest BCUT2D eigenvalue weighted by Gasteiger charge is -2.18. The summed E-state index contributed by atoms with van der Waals surface area (Å²) in [6, 6.07) is 23.7. The number of nitrogens with zero attached hydrogens (tertiary/aromatic N) is 3. The van der Waals surface area contributed by atoms with Crippen molar-refractivity contribution >= 4 is 29.3 Å². The summed E-state index contributed by atoms with van der Waals surface area (Å²) in [6.45, 7) is 0.589. The van der Waals surface area contributed by atoms with Gasteiger partial charge in [0.25, 0.3) is 5.91 Å². The van der Waals surface area contributed by atoms with E-state index in [9.17, 15) is 4.79 Å². The predicted octanol–water partition coefficient (Wildman–Crippen LogP) is 5.27. The van der Waals surface area contributed by atoms with Crippen LogP contribution in [0.2, 0.25) is 5.02 Å². The highest BCUT2D eigenvalue weighted by Crippen LogP contribution is 2.49. The minimum atomic E-state index is -0.0520. The fraction of sp³-hybridized carbons (Fsp3) is 0.200. The summed E-state index contributed by atoms with van der Waals surface area (Å²) >= 11 is 8.06. The Labute approximate surface area is 201 Å². The van der Waals surface area contributed by atoms with Gasteiger partial charge in [0.05, 0.1) is 5.56 Å². The van der Waals surface area contributed by atoms with E-state index in [1.54, 1.807) is 11.8 Å². The van der Waals surface area contributed by atoms with Gasteiger partial charge in [-0.1, -0.05) is 66.2 Å². The number of tetrazole rings is 1. The van der Waals surface area contributed by atoms with Gasteiger partial charge in [-0.05, 0) is 47.4 Å². The zero-order valence-electron chi connectivity index (χ0n) is 17.8. The van der Waals surface area contributed by atoms with E-state index in [2.05, 4.69) is 32.0 Å². The maximum absolute atomic E-state index is 13.1. The molecule has 1 fully saturated rings. The standard InChI is InChI=1S/C25H22ClN5OS/c26-21-7-3-2-6-20(21)25(13-14-25)16-27-24(32)19-5-1-4-8-22(19)33-15-17-9-11-18(12-10-17)23-28-30-31-29-23/h1-12H,13-16H2,(H,27,32)(H,28,29,30,31). The molecule has 6 nitrogen and oxygen atoms in total. The Morgan fingerprint density at radius 1 is 1.03 bits per heavy atom. The summed E-state index contributed by atoms with van der Waals surface area (Å²) < 4.78 is 0. The molecular formula is C25H22ClN5OS. The van der Waals surface area contributed by atoms with Crippen LogP contribution in [0, 0.1) is 0 Å². The Kier molecular flexibility index (Phi) is 6.15. The average Bonchev–Trinajstić information content (AvgIpc) is 3.43. The molecule has 2 N–H and O–H groups in total. The van der Waals surface area contributed by atoms with E-state index < -0.39 is 0 Å². The molecule has 166 valence electrons. The summed E-state index contributed by atoms with van der Waals surface area (Å²) in [5.41, 5.74) is 3.83. The first-order valence-corrected chi connectivity index (χ1v) is 12.1. The van der Waals surface area contributed by atoms with Crippen molar-refractivity contribution in [2.45, 2.75) is 28.9 Å². The number of rotatable bonds is 8. The Morgan fingerprint density at radius 3 is 2.52 bits per heavy atom. The van der Waals surface area contributed by atoms with Crippen molar-refractivity contribution in [3.63, 3.8) is 0 Å². The van der Waals surface area contributed by atoms with E-state index >= 15 is 0 Å². The molecule has 1 aliphatic carbocycles. The molecule has 0 unspecified atom stereocenters. The number of carbonyl (C=O) groups is 1. The highest BCUT2D eigenvalue weighted by molar-refractivity contribution is 7.98. The van der Waals surface area contributed by atoms with Crippen LogP contribution in [-0.2, 0) is 11.2 Å². The Bertz CT molecular complexity index is 1260. The van der Waals surface area contributed by atoms with E-state index in [0.717, 1.165) is 45.2 Å². The maximum atomic E-state index is 13.1. The molecule has 1 amide bonds. The molecule has 1 saturated carbocycles. The number of carbonyl (C=O) groups excluding carboxylic acids is 1. The molecule has 3 aromatic carbocycles. The van der Waals surface area contributed by atoms with Crippen LogP contribution in [0.25, 0.3) is 11.4 Å². The maximum Gasteiger partial charge on any atom is 0.252 e. The van der Waals surface area contributed by atoms with Gasteiger partial charge in [0.15, 0.2) is 0 Å². The number of hydrogen-bond donors (Lipinski definition) is 2. The Morgan fingerprint density at radius 2 is 1.79 bits per heavy atom. The zero-order chi connectivity index (χ0) is 22.7. The first kappa shape index (κ1) is 21.7. The molecule has 0 bridgehead atoms. The van der Waals surface area contributed by atoms with Crippen molar-refractivity contribution in [3.05, 3.63) is 94.5 Å². The fourth-order valence-electron chi connectivity index (χ4n) is 3.90. The summed E-state index contributed by atoms with van der Waals surface area (Å²) in [5.74, 6) is 1.27. The Hall–Kier alpha value is -3.16. The van der Waals surface area contributed by atoms with Gasteiger partial charge in [-0.3, -0.25) is 4.79 Å². The number of aromatic nitrogens is 4. The molecule has 33 heavy (non-hydrogen) atoms. The number of thioether (sulfide) groups is 1. The highest BCUT2D eigenvalue weighted by Gasteiger charge is 2.45. The first-order valence-electron chi connectivity index (χ1n) is 10.7. The summed E-state index contributed by atoms with van der Waals surface area (Å²) in [5, 5.41) is 18.0. The van der Waals surface area contributed by atoms with Crippen LogP contribution >= 0.6 is 23.4 Å². The van der Waals surface area contributed by atoms with Crippen LogP contribution < -0.4 is 5.32 Å². The van der Waals surface area contributed by atoms with Crippen molar-refractivity contribution in [1.29, 1.82) is 0 Å². The second-order valence-electron chi connectivity index (χ2n) is 8.16. The quantitative estimate of drug-likeness (QED) is 0.339. The molecule has 4 aromatic rings. The van der Waals surface area contributed by atoms with E-state index in [0.29, 0.717) is 17.9 Å². The van der Waals surface area contributed by atoms with Crippen molar-refractivity contribution in [1.82, 2.24) is 25.9 Å². The second kappa shape index (κ2) is 9.37. The van der Waals surface area contributed by atoms with Crippen molar-refractivity contribution in [2.24, 2.45) is 0 Å². The van der Waals surface area contributed by atoms with E-state index in [1.807, 2.05) is 66.7 Å².